The standard InChI is InChI=1S/C22H23N3O5/c1-13-9-17(30-24-13)10-15-11-25(12-20(15)26)21-18(22(27)28)7-8-19(23-21)14-3-5-16(29-2)6-4-14/h3-9,15,20,26H,10-12H2,1-2H3,(H,27,28)/t15-,20-/m1/s1. The second-order valence-electron chi connectivity index (χ2n) is 7.47. The van der Waals surface area contributed by atoms with Crippen molar-refractivity contribution in [2.45, 2.75) is 19.4 Å². The maximum atomic E-state index is 11.8. The largest absolute Gasteiger partial charge is 0.497 e. The smallest absolute Gasteiger partial charge is 0.339 e. The van der Waals surface area contributed by atoms with Crippen LogP contribution in [0.25, 0.3) is 11.3 Å². The van der Waals surface area contributed by atoms with Gasteiger partial charge in [0.15, 0.2) is 0 Å². The number of β-amino-alcohol motifs (C(OH)–C–C–N with tert-alkyl or cyclic N) is 1. The predicted molar refractivity (Wildman–Crippen MR) is 110 cm³/mol. The van der Waals surface area contributed by atoms with Crippen LogP contribution in [0.3, 0.4) is 0 Å². The molecule has 1 aliphatic heterocycles. The molecule has 30 heavy (non-hydrogen) atoms. The number of rotatable bonds is 6. The summed E-state index contributed by atoms with van der Waals surface area (Å²) in [6, 6.07) is 12.5. The fraction of sp³-hybridized carbons (Fsp3) is 0.318. The van der Waals surface area contributed by atoms with Crippen LogP contribution in [0.1, 0.15) is 21.8 Å². The van der Waals surface area contributed by atoms with E-state index in [-0.39, 0.29) is 11.5 Å². The summed E-state index contributed by atoms with van der Waals surface area (Å²) in [5, 5.41) is 24.1. The number of aromatic carboxylic acids is 1. The molecule has 4 rings (SSSR count). The minimum Gasteiger partial charge on any atom is -0.497 e. The molecule has 1 aromatic carbocycles. The first-order valence-electron chi connectivity index (χ1n) is 9.68. The Morgan fingerprint density at radius 3 is 2.63 bits per heavy atom. The second-order valence-corrected chi connectivity index (χ2v) is 7.47. The third-order valence-electron chi connectivity index (χ3n) is 5.34. The number of carbonyl (C=O) groups is 1. The van der Waals surface area contributed by atoms with Gasteiger partial charge in [-0.2, -0.15) is 0 Å². The summed E-state index contributed by atoms with van der Waals surface area (Å²) in [7, 11) is 1.60. The van der Waals surface area contributed by atoms with Crippen molar-refractivity contribution in [3.05, 3.63) is 59.5 Å². The molecule has 0 bridgehead atoms. The number of benzene rings is 1. The molecule has 0 amide bonds. The van der Waals surface area contributed by atoms with E-state index in [4.69, 9.17) is 9.26 Å². The van der Waals surface area contributed by atoms with E-state index >= 15 is 0 Å². The van der Waals surface area contributed by atoms with Crippen LogP contribution in [0.5, 0.6) is 5.75 Å². The Bertz CT molecular complexity index is 1050. The molecule has 156 valence electrons. The number of aryl methyl sites for hydroxylation is 1. The van der Waals surface area contributed by atoms with Crippen LogP contribution < -0.4 is 9.64 Å². The summed E-state index contributed by atoms with van der Waals surface area (Å²) in [6.45, 7) is 2.62. The Morgan fingerprint density at radius 1 is 1.23 bits per heavy atom. The molecule has 1 aliphatic rings. The average Bonchev–Trinajstić information content (AvgIpc) is 3.33. The quantitative estimate of drug-likeness (QED) is 0.640. The number of carboxylic acid groups (broad SMARTS) is 1. The van der Waals surface area contributed by atoms with E-state index in [9.17, 15) is 15.0 Å². The van der Waals surface area contributed by atoms with E-state index in [1.165, 1.54) is 0 Å². The Morgan fingerprint density at radius 2 is 2.00 bits per heavy atom. The van der Waals surface area contributed by atoms with Crippen LogP contribution >= 0.6 is 0 Å². The van der Waals surface area contributed by atoms with Gasteiger partial charge in [0.2, 0.25) is 0 Å². The maximum Gasteiger partial charge on any atom is 0.339 e. The molecule has 3 aromatic rings. The van der Waals surface area contributed by atoms with Gasteiger partial charge in [-0.1, -0.05) is 5.16 Å². The Balaban J connectivity index is 1.62. The molecular weight excluding hydrogens is 386 g/mol. The first kappa shape index (κ1) is 19.9. The van der Waals surface area contributed by atoms with Crippen LogP contribution in [0.2, 0.25) is 0 Å². The highest BCUT2D eigenvalue weighted by molar-refractivity contribution is 5.94. The van der Waals surface area contributed by atoms with E-state index in [1.54, 1.807) is 19.2 Å². The third-order valence-corrected chi connectivity index (χ3v) is 5.34. The molecule has 1 fully saturated rings. The maximum absolute atomic E-state index is 11.8. The van der Waals surface area contributed by atoms with Gasteiger partial charge in [0, 0.05) is 37.1 Å². The summed E-state index contributed by atoms with van der Waals surface area (Å²) < 4.78 is 10.5. The minimum atomic E-state index is -1.05. The summed E-state index contributed by atoms with van der Waals surface area (Å²) in [5.74, 6) is 0.630. The predicted octanol–water partition coefficient (Wildman–Crippen LogP) is 2.79. The van der Waals surface area contributed by atoms with Gasteiger partial charge in [-0.05, 0) is 43.3 Å². The first-order valence-corrected chi connectivity index (χ1v) is 9.68. The van der Waals surface area contributed by atoms with Crippen molar-refractivity contribution in [2.24, 2.45) is 5.92 Å². The van der Waals surface area contributed by atoms with Gasteiger partial charge in [0.1, 0.15) is 22.9 Å². The Kier molecular flexibility index (Phi) is 5.41. The fourth-order valence-corrected chi connectivity index (χ4v) is 3.78. The lowest BCUT2D eigenvalue weighted by Crippen LogP contribution is -2.24. The SMILES string of the molecule is COc1ccc(-c2ccc(C(=O)O)c(N3C[C@@H](Cc4cc(C)no4)[C@H](O)C3)n2)cc1. The molecule has 0 unspecified atom stereocenters. The summed E-state index contributed by atoms with van der Waals surface area (Å²) in [5.41, 5.74) is 2.40. The van der Waals surface area contributed by atoms with Crippen molar-refractivity contribution in [1.82, 2.24) is 10.1 Å². The van der Waals surface area contributed by atoms with Crippen molar-refractivity contribution in [1.29, 1.82) is 0 Å². The van der Waals surface area contributed by atoms with E-state index in [0.717, 1.165) is 17.0 Å². The molecule has 3 heterocycles. The highest BCUT2D eigenvalue weighted by atomic mass is 16.5. The topological polar surface area (TPSA) is 109 Å². The lowest BCUT2D eigenvalue weighted by atomic mass is 10.0. The van der Waals surface area contributed by atoms with E-state index < -0.39 is 12.1 Å². The van der Waals surface area contributed by atoms with Gasteiger partial charge in [0.25, 0.3) is 0 Å². The third kappa shape index (κ3) is 3.99. The number of ether oxygens (including phenoxy) is 1. The highest BCUT2D eigenvalue weighted by Gasteiger charge is 2.35. The molecular formula is C22H23N3O5. The van der Waals surface area contributed by atoms with Crippen molar-refractivity contribution < 1.29 is 24.3 Å². The Hall–Kier alpha value is -3.39. The number of hydrogen-bond donors (Lipinski definition) is 2. The summed E-state index contributed by atoms with van der Waals surface area (Å²) in [4.78, 5) is 18.3. The van der Waals surface area contributed by atoms with Crippen LogP contribution in [-0.4, -0.2) is 52.6 Å². The molecule has 8 heteroatoms. The van der Waals surface area contributed by atoms with Crippen LogP contribution in [0.4, 0.5) is 5.82 Å². The van der Waals surface area contributed by atoms with Gasteiger partial charge in [-0.25, -0.2) is 9.78 Å². The molecule has 2 atom stereocenters. The van der Waals surface area contributed by atoms with Gasteiger partial charge in [-0.15, -0.1) is 0 Å². The fourth-order valence-electron chi connectivity index (χ4n) is 3.78. The van der Waals surface area contributed by atoms with Crippen LogP contribution in [0.15, 0.2) is 47.0 Å². The minimum absolute atomic E-state index is 0.106. The second kappa shape index (κ2) is 8.16. The van der Waals surface area contributed by atoms with Crippen molar-refractivity contribution in [3.63, 3.8) is 0 Å². The van der Waals surface area contributed by atoms with Crippen molar-refractivity contribution in [2.75, 3.05) is 25.1 Å². The zero-order valence-corrected chi connectivity index (χ0v) is 16.8. The van der Waals surface area contributed by atoms with Crippen molar-refractivity contribution >= 4 is 11.8 Å². The summed E-state index contributed by atoms with van der Waals surface area (Å²) >= 11 is 0. The molecule has 2 N–H and O–H groups in total. The number of nitrogens with zero attached hydrogens (tertiary/aromatic N) is 3. The number of aliphatic hydroxyl groups excluding tert-OH is 1. The van der Waals surface area contributed by atoms with Gasteiger partial charge in [0.05, 0.1) is 24.6 Å². The number of carboxylic acids is 1. The monoisotopic (exact) mass is 409 g/mol. The lowest BCUT2D eigenvalue weighted by Gasteiger charge is -2.20. The number of methoxy groups -OCH3 is 1. The number of hydrogen-bond acceptors (Lipinski definition) is 7. The first-order chi connectivity index (χ1) is 14.4. The molecule has 8 nitrogen and oxygen atoms in total. The number of aromatic nitrogens is 2. The Labute approximate surface area is 173 Å². The van der Waals surface area contributed by atoms with Gasteiger partial charge >= 0.3 is 5.97 Å². The molecule has 0 aliphatic carbocycles. The van der Waals surface area contributed by atoms with E-state index in [2.05, 4.69) is 10.1 Å². The lowest BCUT2D eigenvalue weighted by molar-refractivity contribution is 0.0697. The number of aliphatic hydroxyl groups is 1. The molecule has 0 saturated carbocycles. The average molecular weight is 409 g/mol. The van der Waals surface area contributed by atoms with E-state index in [0.29, 0.717) is 36.8 Å². The zero-order chi connectivity index (χ0) is 21.3. The number of anilines is 1. The van der Waals surface area contributed by atoms with Crippen LogP contribution in [0, 0.1) is 12.8 Å². The van der Waals surface area contributed by atoms with Gasteiger partial charge in [-0.3, -0.25) is 0 Å². The zero-order valence-electron chi connectivity index (χ0n) is 16.8. The number of pyridine rings is 1. The molecule has 0 spiro atoms. The van der Waals surface area contributed by atoms with Crippen molar-refractivity contribution in [3.8, 4) is 17.0 Å². The highest BCUT2D eigenvalue weighted by Crippen LogP contribution is 2.31. The molecule has 0 radical (unpaired) electrons. The molecule has 2 aromatic heterocycles. The molecule has 1 saturated heterocycles. The summed E-state index contributed by atoms with van der Waals surface area (Å²) in [6.07, 6.45) is -0.0949. The van der Waals surface area contributed by atoms with Gasteiger partial charge < -0.3 is 24.4 Å². The van der Waals surface area contributed by atoms with E-state index in [1.807, 2.05) is 42.2 Å². The van der Waals surface area contributed by atoms with Crippen LogP contribution in [-0.2, 0) is 6.42 Å². The normalized spacial score (nSPS) is 18.6.